The van der Waals surface area contributed by atoms with Crippen LogP contribution in [0.3, 0.4) is 0 Å². The van der Waals surface area contributed by atoms with Crippen molar-refractivity contribution in [3.05, 3.63) is 58.9 Å². The minimum absolute atomic E-state index is 0.0700. The summed E-state index contributed by atoms with van der Waals surface area (Å²) in [6.07, 6.45) is -7.14. The van der Waals surface area contributed by atoms with Gasteiger partial charge in [-0.3, -0.25) is 10.1 Å². The van der Waals surface area contributed by atoms with E-state index in [1.165, 1.54) is 43.5 Å². The summed E-state index contributed by atoms with van der Waals surface area (Å²) in [5, 5.41) is 12.4. The van der Waals surface area contributed by atoms with Gasteiger partial charge < -0.3 is 24.1 Å². The first kappa shape index (κ1) is 35.9. The molecule has 47 heavy (non-hydrogen) atoms. The number of hydrogen-bond donors (Lipinski definition) is 2. The highest BCUT2D eigenvalue weighted by Crippen LogP contribution is 2.41. The summed E-state index contributed by atoms with van der Waals surface area (Å²) in [6.45, 7) is 10.4. The van der Waals surface area contributed by atoms with E-state index < -0.39 is 52.9 Å². The standard InChI is InChI=1S/C31H35ClF3N5O6S/c1-28(2,3)45-26(42)36-20-16-47-22-13-10-18(14-21(22)40(24(20)41)15-17-8-11-19(32)12-9-17)23-38-39-25(44-23)30(7,31(33,34)35)37-27(43)46-29(4,5)6/h8-14,20H,15-16H2,1-7H3,(H,36,42)(H,37,43)/t20-,30?/m0/s1. The van der Waals surface area contributed by atoms with Crippen molar-refractivity contribution in [3.8, 4) is 11.5 Å². The number of aromatic nitrogens is 2. The molecule has 0 radical (unpaired) electrons. The number of rotatable bonds is 6. The Hall–Kier alpha value is -3.98. The summed E-state index contributed by atoms with van der Waals surface area (Å²) < 4.78 is 58.9. The maximum absolute atomic E-state index is 14.3. The highest BCUT2D eigenvalue weighted by atomic mass is 35.5. The largest absolute Gasteiger partial charge is 0.444 e. The number of ether oxygens (including phenoxy) is 2. The van der Waals surface area contributed by atoms with E-state index in [0.717, 1.165) is 5.56 Å². The zero-order chi connectivity index (χ0) is 34.9. The lowest BCUT2D eigenvalue weighted by Gasteiger charge is -2.30. The van der Waals surface area contributed by atoms with Gasteiger partial charge in [0.25, 0.3) is 11.8 Å². The van der Waals surface area contributed by atoms with Crippen LogP contribution in [0.1, 0.15) is 59.9 Å². The van der Waals surface area contributed by atoms with Gasteiger partial charge in [0, 0.05) is 21.2 Å². The molecule has 1 aromatic heterocycles. The molecular formula is C31H35ClF3N5O6S. The number of fused-ring (bicyclic) bond motifs is 1. The Balaban J connectivity index is 1.71. The molecule has 3 amide bonds. The Morgan fingerprint density at radius 1 is 0.979 bits per heavy atom. The van der Waals surface area contributed by atoms with Crippen molar-refractivity contribution in [2.75, 3.05) is 10.7 Å². The molecule has 1 unspecified atom stereocenters. The summed E-state index contributed by atoms with van der Waals surface area (Å²) in [4.78, 5) is 41.0. The van der Waals surface area contributed by atoms with Crippen LogP contribution >= 0.6 is 23.4 Å². The van der Waals surface area contributed by atoms with Crippen molar-refractivity contribution in [2.24, 2.45) is 0 Å². The van der Waals surface area contributed by atoms with E-state index in [-0.39, 0.29) is 23.8 Å². The highest BCUT2D eigenvalue weighted by molar-refractivity contribution is 7.99. The van der Waals surface area contributed by atoms with Crippen molar-refractivity contribution in [3.63, 3.8) is 0 Å². The van der Waals surface area contributed by atoms with Gasteiger partial charge in [-0.15, -0.1) is 22.0 Å². The molecule has 0 saturated heterocycles. The minimum atomic E-state index is -5.05. The highest BCUT2D eigenvalue weighted by Gasteiger charge is 2.58. The van der Waals surface area contributed by atoms with Gasteiger partial charge in [-0.2, -0.15) is 13.2 Å². The van der Waals surface area contributed by atoms with Crippen molar-refractivity contribution in [1.82, 2.24) is 20.8 Å². The van der Waals surface area contributed by atoms with Crippen LogP contribution in [-0.2, 0) is 26.4 Å². The molecule has 0 spiro atoms. The second-order valence-corrected chi connectivity index (χ2v) is 14.4. The first-order chi connectivity index (χ1) is 21.6. The van der Waals surface area contributed by atoms with Crippen LogP contribution in [0, 0.1) is 0 Å². The molecule has 0 bridgehead atoms. The number of carbonyl (C=O) groups is 3. The number of anilines is 1. The van der Waals surface area contributed by atoms with Gasteiger partial charge >= 0.3 is 18.4 Å². The number of carbonyl (C=O) groups excluding carboxylic acids is 3. The number of benzene rings is 2. The fourth-order valence-corrected chi connectivity index (χ4v) is 5.50. The summed E-state index contributed by atoms with van der Waals surface area (Å²) in [5.74, 6) is -1.50. The van der Waals surface area contributed by atoms with Crippen molar-refractivity contribution < 1.29 is 41.4 Å². The van der Waals surface area contributed by atoms with Crippen LogP contribution in [0.5, 0.6) is 0 Å². The van der Waals surface area contributed by atoms with Crippen molar-refractivity contribution in [1.29, 1.82) is 0 Å². The van der Waals surface area contributed by atoms with Gasteiger partial charge in [0.1, 0.15) is 17.2 Å². The van der Waals surface area contributed by atoms with Crippen LogP contribution in [0.4, 0.5) is 28.4 Å². The topological polar surface area (TPSA) is 136 Å². The lowest BCUT2D eigenvalue weighted by atomic mass is 10.0. The molecule has 254 valence electrons. The van der Waals surface area contributed by atoms with Crippen molar-refractivity contribution in [2.45, 2.75) is 88.9 Å². The molecule has 2 aromatic carbocycles. The molecule has 2 heterocycles. The molecule has 3 aromatic rings. The maximum atomic E-state index is 14.3. The molecule has 11 nitrogen and oxygen atoms in total. The van der Waals surface area contributed by atoms with Gasteiger partial charge in [-0.25, -0.2) is 9.59 Å². The Morgan fingerprint density at radius 3 is 2.19 bits per heavy atom. The second kappa shape index (κ2) is 13.3. The summed E-state index contributed by atoms with van der Waals surface area (Å²) in [7, 11) is 0. The normalized spacial score (nSPS) is 16.9. The van der Waals surface area contributed by atoms with E-state index in [4.69, 9.17) is 25.5 Å². The summed E-state index contributed by atoms with van der Waals surface area (Å²) >= 11 is 7.36. The van der Waals surface area contributed by atoms with Gasteiger partial charge in [-0.05, 0) is 84.4 Å². The zero-order valence-electron chi connectivity index (χ0n) is 26.7. The van der Waals surface area contributed by atoms with Crippen LogP contribution in [0.25, 0.3) is 11.5 Å². The lowest BCUT2D eigenvalue weighted by molar-refractivity contribution is -0.199. The molecule has 0 fully saturated rings. The number of nitrogens with one attached hydrogen (secondary N) is 2. The summed E-state index contributed by atoms with van der Waals surface area (Å²) in [6, 6.07) is 10.6. The predicted molar refractivity (Wildman–Crippen MR) is 169 cm³/mol. The van der Waals surface area contributed by atoms with Gasteiger partial charge in [-0.1, -0.05) is 23.7 Å². The molecule has 0 aliphatic carbocycles. The average molecular weight is 698 g/mol. The number of halogens is 4. The molecule has 2 atom stereocenters. The second-order valence-electron chi connectivity index (χ2n) is 12.9. The van der Waals surface area contributed by atoms with Crippen LogP contribution in [-0.4, -0.2) is 57.5 Å². The molecule has 1 aliphatic rings. The number of amides is 3. The van der Waals surface area contributed by atoms with E-state index in [2.05, 4.69) is 15.5 Å². The van der Waals surface area contributed by atoms with Crippen LogP contribution in [0.15, 0.2) is 51.8 Å². The van der Waals surface area contributed by atoms with E-state index in [1.807, 2.05) is 5.32 Å². The fourth-order valence-electron chi connectivity index (χ4n) is 4.32. The third-order valence-electron chi connectivity index (χ3n) is 6.58. The SMILES string of the molecule is CC(C)(C)OC(=O)N[C@H]1CSc2ccc(-c3nnc(C(C)(NC(=O)OC(C)(C)C)C(F)(F)F)o3)cc2N(Cc2ccc(Cl)cc2)C1=O. The molecule has 1 aliphatic heterocycles. The van der Waals surface area contributed by atoms with Crippen LogP contribution in [0.2, 0.25) is 5.02 Å². The number of thioether (sulfide) groups is 1. The van der Waals surface area contributed by atoms with Crippen LogP contribution < -0.4 is 15.5 Å². The smallest absolute Gasteiger partial charge is 0.420 e. The Labute approximate surface area is 278 Å². The number of alkyl carbamates (subject to hydrolysis) is 2. The first-order valence-electron chi connectivity index (χ1n) is 14.4. The number of nitrogens with zero attached hydrogens (tertiary/aromatic N) is 3. The van der Waals surface area contributed by atoms with E-state index >= 15 is 0 Å². The number of hydrogen-bond acceptors (Lipinski definition) is 9. The lowest BCUT2D eigenvalue weighted by Crippen LogP contribution is -2.55. The van der Waals surface area contributed by atoms with E-state index in [1.54, 1.807) is 57.2 Å². The minimum Gasteiger partial charge on any atom is -0.444 e. The Morgan fingerprint density at radius 2 is 1.60 bits per heavy atom. The van der Waals surface area contributed by atoms with Crippen molar-refractivity contribution >= 4 is 47.1 Å². The average Bonchev–Trinajstić information content (AvgIpc) is 3.39. The molecule has 2 N–H and O–H groups in total. The predicted octanol–water partition coefficient (Wildman–Crippen LogP) is 7.22. The van der Waals surface area contributed by atoms with Gasteiger partial charge in [0.05, 0.1) is 12.2 Å². The third kappa shape index (κ3) is 8.89. The molecular weight excluding hydrogens is 663 g/mol. The number of alkyl halides is 3. The third-order valence-corrected chi connectivity index (χ3v) is 7.99. The molecule has 16 heteroatoms. The van der Waals surface area contributed by atoms with E-state index in [9.17, 15) is 27.6 Å². The Kier molecular flexibility index (Phi) is 10.1. The Bertz CT molecular complexity index is 1640. The monoisotopic (exact) mass is 697 g/mol. The summed E-state index contributed by atoms with van der Waals surface area (Å²) in [5.41, 5.74) is -3.62. The van der Waals surface area contributed by atoms with Gasteiger partial charge in [0.15, 0.2) is 0 Å². The quantitative estimate of drug-likeness (QED) is 0.274. The molecule has 4 rings (SSSR count). The van der Waals surface area contributed by atoms with E-state index in [0.29, 0.717) is 22.5 Å². The molecule has 0 saturated carbocycles. The first-order valence-corrected chi connectivity index (χ1v) is 15.8. The zero-order valence-corrected chi connectivity index (χ0v) is 28.3. The maximum Gasteiger partial charge on any atom is 0.420 e. The van der Waals surface area contributed by atoms with Gasteiger partial charge in [0.2, 0.25) is 11.4 Å². The fraction of sp³-hybridized carbons (Fsp3) is 0.452.